The van der Waals surface area contributed by atoms with Gasteiger partial charge in [-0.3, -0.25) is 0 Å². The molecule has 1 saturated carbocycles. The second kappa shape index (κ2) is 6.22. The SMILES string of the molecule is Fc1ccc(F)c(COc2ccc(CNC3CC3)cc2)c1. The molecule has 4 heteroatoms. The molecule has 3 rings (SSSR count). The van der Waals surface area contributed by atoms with Crippen LogP contribution in [0.5, 0.6) is 5.75 Å². The molecule has 1 aliphatic rings. The lowest BCUT2D eigenvalue weighted by molar-refractivity contribution is 0.299. The predicted molar refractivity (Wildman–Crippen MR) is 77.0 cm³/mol. The van der Waals surface area contributed by atoms with Crippen LogP contribution in [0.2, 0.25) is 0 Å². The topological polar surface area (TPSA) is 21.3 Å². The number of hydrogen-bond acceptors (Lipinski definition) is 2. The van der Waals surface area contributed by atoms with Crippen molar-refractivity contribution in [3.8, 4) is 5.75 Å². The molecule has 1 aliphatic carbocycles. The molecule has 0 radical (unpaired) electrons. The average Bonchev–Trinajstić information content (AvgIpc) is 3.31. The summed E-state index contributed by atoms with van der Waals surface area (Å²) in [4.78, 5) is 0. The Morgan fingerprint density at radius 1 is 1.05 bits per heavy atom. The van der Waals surface area contributed by atoms with Crippen LogP contribution in [0.15, 0.2) is 42.5 Å². The molecule has 0 aromatic heterocycles. The van der Waals surface area contributed by atoms with Crippen molar-refractivity contribution in [2.75, 3.05) is 0 Å². The van der Waals surface area contributed by atoms with E-state index < -0.39 is 11.6 Å². The zero-order chi connectivity index (χ0) is 14.7. The maximum atomic E-state index is 13.5. The van der Waals surface area contributed by atoms with E-state index in [1.165, 1.54) is 18.4 Å². The van der Waals surface area contributed by atoms with Crippen molar-refractivity contribution in [3.63, 3.8) is 0 Å². The van der Waals surface area contributed by atoms with E-state index in [2.05, 4.69) is 5.32 Å². The van der Waals surface area contributed by atoms with Gasteiger partial charge < -0.3 is 10.1 Å². The Hall–Kier alpha value is -1.94. The number of rotatable bonds is 6. The van der Waals surface area contributed by atoms with Crippen molar-refractivity contribution in [1.29, 1.82) is 0 Å². The number of halogens is 2. The molecule has 0 heterocycles. The summed E-state index contributed by atoms with van der Waals surface area (Å²) in [6, 6.07) is 11.7. The van der Waals surface area contributed by atoms with Crippen LogP contribution in [-0.2, 0) is 13.2 Å². The molecule has 0 aliphatic heterocycles. The van der Waals surface area contributed by atoms with Gasteiger partial charge in [0.15, 0.2) is 0 Å². The minimum Gasteiger partial charge on any atom is -0.489 e. The summed E-state index contributed by atoms with van der Waals surface area (Å²) >= 11 is 0. The molecule has 1 N–H and O–H groups in total. The highest BCUT2D eigenvalue weighted by atomic mass is 19.1. The Bertz CT molecular complexity index is 609. The third-order valence-corrected chi connectivity index (χ3v) is 3.50. The monoisotopic (exact) mass is 289 g/mol. The molecule has 0 unspecified atom stereocenters. The van der Waals surface area contributed by atoms with Crippen molar-refractivity contribution in [2.45, 2.75) is 32.0 Å². The maximum absolute atomic E-state index is 13.5. The van der Waals surface area contributed by atoms with Gasteiger partial charge in [-0.2, -0.15) is 0 Å². The van der Waals surface area contributed by atoms with Gasteiger partial charge in [0.25, 0.3) is 0 Å². The Morgan fingerprint density at radius 3 is 2.52 bits per heavy atom. The van der Waals surface area contributed by atoms with Crippen molar-refractivity contribution in [1.82, 2.24) is 5.32 Å². The summed E-state index contributed by atoms with van der Waals surface area (Å²) < 4.78 is 32.0. The van der Waals surface area contributed by atoms with Crippen LogP contribution in [0.3, 0.4) is 0 Å². The summed E-state index contributed by atoms with van der Waals surface area (Å²) in [7, 11) is 0. The van der Waals surface area contributed by atoms with Gasteiger partial charge in [-0.15, -0.1) is 0 Å². The zero-order valence-electron chi connectivity index (χ0n) is 11.6. The minimum atomic E-state index is -0.462. The normalized spacial score (nSPS) is 14.2. The molecular weight excluding hydrogens is 272 g/mol. The molecule has 21 heavy (non-hydrogen) atoms. The minimum absolute atomic E-state index is 0.0171. The van der Waals surface area contributed by atoms with E-state index >= 15 is 0 Å². The van der Waals surface area contributed by atoms with E-state index in [0.717, 1.165) is 24.7 Å². The standard InChI is InChI=1S/C17H17F2NO/c18-14-3-8-17(19)13(9-14)11-21-16-6-1-12(2-7-16)10-20-15-4-5-15/h1-3,6-9,15,20H,4-5,10-11H2. The lowest BCUT2D eigenvalue weighted by atomic mass is 10.2. The molecule has 1 fully saturated rings. The molecule has 0 saturated heterocycles. The highest BCUT2D eigenvalue weighted by Gasteiger charge is 2.19. The molecule has 2 aromatic rings. The predicted octanol–water partition coefficient (Wildman–Crippen LogP) is 3.80. The van der Waals surface area contributed by atoms with E-state index in [1.807, 2.05) is 24.3 Å². The summed E-state index contributed by atoms with van der Waals surface area (Å²) in [5, 5.41) is 3.43. The smallest absolute Gasteiger partial charge is 0.130 e. The summed E-state index contributed by atoms with van der Waals surface area (Å²) in [5.74, 6) is -0.271. The number of ether oxygens (including phenoxy) is 1. The largest absolute Gasteiger partial charge is 0.489 e. The first-order valence-corrected chi connectivity index (χ1v) is 7.10. The van der Waals surface area contributed by atoms with Gasteiger partial charge in [0, 0.05) is 18.2 Å². The van der Waals surface area contributed by atoms with Gasteiger partial charge in [0.1, 0.15) is 24.0 Å². The van der Waals surface area contributed by atoms with Gasteiger partial charge in [0.05, 0.1) is 0 Å². The highest BCUT2D eigenvalue weighted by Crippen LogP contribution is 2.20. The van der Waals surface area contributed by atoms with Crippen molar-refractivity contribution < 1.29 is 13.5 Å². The van der Waals surface area contributed by atoms with Gasteiger partial charge in [-0.1, -0.05) is 12.1 Å². The van der Waals surface area contributed by atoms with Gasteiger partial charge in [0.2, 0.25) is 0 Å². The maximum Gasteiger partial charge on any atom is 0.130 e. The second-order valence-corrected chi connectivity index (χ2v) is 5.32. The average molecular weight is 289 g/mol. The van der Waals surface area contributed by atoms with Gasteiger partial charge >= 0.3 is 0 Å². The molecule has 0 amide bonds. The van der Waals surface area contributed by atoms with Crippen LogP contribution in [0, 0.1) is 11.6 Å². The first kappa shape index (κ1) is 14.0. The molecule has 0 bridgehead atoms. The van der Waals surface area contributed by atoms with Crippen LogP contribution in [0.4, 0.5) is 8.78 Å². The summed E-state index contributed by atoms with van der Waals surface area (Å²) in [5.41, 5.74) is 1.40. The van der Waals surface area contributed by atoms with Gasteiger partial charge in [-0.05, 0) is 48.7 Å². The van der Waals surface area contributed by atoms with Crippen LogP contribution in [0.25, 0.3) is 0 Å². The van der Waals surface area contributed by atoms with Crippen molar-refractivity contribution >= 4 is 0 Å². The molecule has 2 aromatic carbocycles. The Labute approximate surface area is 122 Å². The fourth-order valence-corrected chi connectivity index (χ4v) is 2.07. The van der Waals surface area contributed by atoms with Crippen molar-refractivity contribution in [2.24, 2.45) is 0 Å². The Kier molecular flexibility index (Phi) is 4.15. The summed E-state index contributed by atoms with van der Waals surface area (Å²) in [6.45, 7) is 0.868. The molecule has 0 atom stereocenters. The zero-order valence-corrected chi connectivity index (χ0v) is 11.6. The van der Waals surface area contributed by atoms with E-state index in [1.54, 1.807) is 0 Å². The number of hydrogen-bond donors (Lipinski definition) is 1. The fourth-order valence-electron chi connectivity index (χ4n) is 2.07. The molecule has 2 nitrogen and oxygen atoms in total. The quantitative estimate of drug-likeness (QED) is 0.873. The lowest BCUT2D eigenvalue weighted by Gasteiger charge is -2.08. The van der Waals surface area contributed by atoms with Crippen LogP contribution >= 0.6 is 0 Å². The highest BCUT2D eigenvalue weighted by molar-refractivity contribution is 5.28. The van der Waals surface area contributed by atoms with E-state index in [0.29, 0.717) is 11.8 Å². The second-order valence-electron chi connectivity index (χ2n) is 5.32. The van der Waals surface area contributed by atoms with Gasteiger partial charge in [-0.25, -0.2) is 8.78 Å². The van der Waals surface area contributed by atoms with Crippen LogP contribution in [0.1, 0.15) is 24.0 Å². The van der Waals surface area contributed by atoms with Crippen LogP contribution < -0.4 is 10.1 Å². The third-order valence-electron chi connectivity index (χ3n) is 3.50. The molecule has 0 spiro atoms. The number of nitrogens with one attached hydrogen (secondary N) is 1. The first-order valence-electron chi connectivity index (χ1n) is 7.10. The lowest BCUT2D eigenvalue weighted by Crippen LogP contribution is -2.15. The summed E-state index contributed by atoms with van der Waals surface area (Å²) in [6.07, 6.45) is 2.53. The van der Waals surface area contributed by atoms with Crippen molar-refractivity contribution in [3.05, 3.63) is 65.2 Å². The number of benzene rings is 2. The first-order chi connectivity index (χ1) is 10.2. The Balaban J connectivity index is 1.55. The fraction of sp³-hybridized carbons (Fsp3) is 0.294. The molecule has 110 valence electrons. The Morgan fingerprint density at radius 2 is 1.81 bits per heavy atom. The third kappa shape index (κ3) is 4.02. The van der Waals surface area contributed by atoms with Crippen LogP contribution in [-0.4, -0.2) is 6.04 Å². The van der Waals surface area contributed by atoms with E-state index in [9.17, 15) is 8.78 Å². The van der Waals surface area contributed by atoms with E-state index in [-0.39, 0.29) is 12.2 Å². The van der Waals surface area contributed by atoms with E-state index in [4.69, 9.17) is 4.74 Å². The molecular formula is C17H17F2NO.